The molecule has 2 amide bonds. The van der Waals surface area contributed by atoms with Crippen molar-refractivity contribution in [1.82, 2.24) is 9.97 Å². The van der Waals surface area contributed by atoms with Crippen LogP contribution in [-0.2, 0) is 16.0 Å². The van der Waals surface area contributed by atoms with E-state index in [2.05, 4.69) is 20.6 Å². The van der Waals surface area contributed by atoms with Crippen LogP contribution in [0.25, 0.3) is 20.4 Å². The number of benzene rings is 4. The van der Waals surface area contributed by atoms with Gasteiger partial charge >= 0.3 is 0 Å². The Morgan fingerprint density at radius 2 is 1.06 bits per heavy atom. The summed E-state index contributed by atoms with van der Waals surface area (Å²) in [5, 5.41) is 5.94. The largest absolute Gasteiger partial charge is 0.494 e. The summed E-state index contributed by atoms with van der Waals surface area (Å²) < 4.78 is 14.9. The molecule has 0 saturated heterocycles. The van der Waals surface area contributed by atoms with E-state index in [0.717, 1.165) is 69.5 Å². The molecule has 6 aromatic rings. The van der Waals surface area contributed by atoms with Crippen molar-refractivity contribution in [2.75, 3.05) is 35.4 Å². The molecule has 4 aromatic carbocycles. The Kier molecular flexibility index (Phi) is 10.9. The number of carbonyl (C=O) groups is 2. The lowest BCUT2D eigenvalue weighted by molar-refractivity contribution is -0.114. The van der Waals surface area contributed by atoms with Crippen molar-refractivity contribution in [1.29, 1.82) is 0 Å². The van der Waals surface area contributed by atoms with Gasteiger partial charge in [0.2, 0.25) is 11.8 Å². The van der Waals surface area contributed by atoms with Crippen LogP contribution in [0.2, 0.25) is 0 Å². The molecule has 47 heavy (non-hydrogen) atoms. The van der Waals surface area contributed by atoms with E-state index in [4.69, 9.17) is 9.47 Å². The van der Waals surface area contributed by atoms with Gasteiger partial charge in [0.25, 0.3) is 0 Å². The summed E-state index contributed by atoms with van der Waals surface area (Å²) in [4.78, 5) is 34.4. The maximum Gasteiger partial charge on any atom is 0.234 e. The third-order valence-electron chi connectivity index (χ3n) is 6.84. The van der Waals surface area contributed by atoms with Crippen LogP contribution in [0.15, 0.2) is 93.6 Å². The summed E-state index contributed by atoms with van der Waals surface area (Å²) in [6.07, 6.45) is 0.736. The zero-order chi connectivity index (χ0) is 32.6. The summed E-state index contributed by atoms with van der Waals surface area (Å²) >= 11 is 5.97. The number of ether oxygens (including phenoxy) is 2. The predicted molar refractivity (Wildman–Crippen MR) is 196 cm³/mol. The quantitative estimate of drug-likeness (QED) is 0.109. The average molecular weight is 701 g/mol. The van der Waals surface area contributed by atoms with Crippen LogP contribution in [0.4, 0.5) is 11.4 Å². The molecule has 2 N–H and O–H groups in total. The molecule has 8 nitrogen and oxygen atoms in total. The molecule has 0 saturated carbocycles. The van der Waals surface area contributed by atoms with Crippen LogP contribution in [-0.4, -0.2) is 46.5 Å². The minimum Gasteiger partial charge on any atom is -0.494 e. The van der Waals surface area contributed by atoms with Gasteiger partial charge in [-0.3, -0.25) is 9.59 Å². The summed E-state index contributed by atoms with van der Waals surface area (Å²) in [6, 6.07) is 27.4. The van der Waals surface area contributed by atoms with Crippen molar-refractivity contribution in [3.05, 3.63) is 96.1 Å². The first-order valence-electron chi connectivity index (χ1n) is 15.0. The summed E-state index contributed by atoms with van der Waals surface area (Å²) in [5.41, 5.74) is 5.56. The lowest BCUT2D eigenvalue weighted by Crippen LogP contribution is -2.14. The smallest absolute Gasteiger partial charge is 0.234 e. The van der Waals surface area contributed by atoms with E-state index >= 15 is 0 Å². The number of hydrogen-bond acceptors (Lipinski definition) is 10. The van der Waals surface area contributed by atoms with Crippen LogP contribution >= 0.6 is 46.2 Å². The molecule has 0 unspecified atom stereocenters. The molecule has 12 heteroatoms. The first kappa shape index (κ1) is 32.8. The van der Waals surface area contributed by atoms with Crippen LogP contribution < -0.4 is 20.1 Å². The van der Waals surface area contributed by atoms with Crippen LogP contribution in [0.3, 0.4) is 0 Å². The molecule has 0 atom stereocenters. The number of nitrogens with one attached hydrogen (secondary N) is 2. The molecule has 2 heterocycles. The van der Waals surface area contributed by atoms with Gasteiger partial charge in [0.05, 0.1) is 45.2 Å². The van der Waals surface area contributed by atoms with Gasteiger partial charge in [0.1, 0.15) is 11.5 Å². The maximum atomic E-state index is 12.6. The third kappa shape index (κ3) is 9.04. The molecular weight excluding hydrogens is 669 g/mol. The number of nitrogens with zero attached hydrogens (tertiary/aromatic N) is 2. The lowest BCUT2D eigenvalue weighted by atomic mass is 10.0. The van der Waals surface area contributed by atoms with Gasteiger partial charge in [-0.05, 0) is 92.1 Å². The van der Waals surface area contributed by atoms with Gasteiger partial charge < -0.3 is 20.1 Å². The number of amides is 2. The molecule has 0 fully saturated rings. The molecule has 0 aliphatic carbocycles. The normalized spacial score (nSPS) is 11.1. The minimum atomic E-state index is -0.0794. The second-order valence-electron chi connectivity index (χ2n) is 10.3. The van der Waals surface area contributed by atoms with E-state index < -0.39 is 0 Å². The Morgan fingerprint density at radius 3 is 1.47 bits per heavy atom. The predicted octanol–water partition coefficient (Wildman–Crippen LogP) is 8.76. The number of thioether (sulfide) groups is 2. The van der Waals surface area contributed by atoms with Crippen molar-refractivity contribution in [2.24, 2.45) is 0 Å². The number of thiazole rings is 2. The SMILES string of the molecule is CCOc1ccc2nc(SCC(=O)Nc3ccc(Cc4ccc(NC(=O)CSc5nc6ccc(OCC)cc6s5)cc4)cc3)sc2c1. The van der Waals surface area contributed by atoms with E-state index in [1.165, 1.54) is 23.5 Å². The summed E-state index contributed by atoms with van der Waals surface area (Å²) in [5.74, 6) is 2.05. The molecule has 0 aliphatic rings. The zero-order valence-corrected chi connectivity index (χ0v) is 29.0. The molecule has 2 aromatic heterocycles. The Labute approximate surface area is 289 Å². The maximum absolute atomic E-state index is 12.6. The first-order valence-corrected chi connectivity index (χ1v) is 18.6. The van der Waals surface area contributed by atoms with Gasteiger partial charge in [-0.2, -0.15) is 0 Å². The summed E-state index contributed by atoms with van der Waals surface area (Å²) in [7, 11) is 0. The number of rotatable bonds is 14. The van der Waals surface area contributed by atoms with E-state index in [0.29, 0.717) is 13.2 Å². The van der Waals surface area contributed by atoms with Gasteiger partial charge in [0, 0.05) is 11.4 Å². The van der Waals surface area contributed by atoms with Crippen molar-refractivity contribution in [3.8, 4) is 11.5 Å². The van der Waals surface area contributed by atoms with Crippen LogP contribution in [0, 0.1) is 0 Å². The van der Waals surface area contributed by atoms with E-state index in [-0.39, 0.29) is 23.3 Å². The fourth-order valence-electron chi connectivity index (χ4n) is 4.70. The van der Waals surface area contributed by atoms with E-state index in [9.17, 15) is 9.59 Å². The Morgan fingerprint density at radius 1 is 0.638 bits per heavy atom. The molecule has 0 aliphatic heterocycles. The van der Waals surface area contributed by atoms with E-state index in [1.54, 1.807) is 22.7 Å². The van der Waals surface area contributed by atoms with Crippen molar-refractivity contribution < 1.29 is 19.1 Å². The molecule has 240 valence electrons. The van der Waals surface area contributed by atoms with Gasteiger partial charge in [-0.1, -0.05) is 47.8 Å². The molecular formula is C35H32N4O4S4. The highest BCUT2D eigenvalue weighted by molar-refractivity contribution is 8.02. The number of hydrogen-bond donors (Lipinski definition) is 2. The van der Waals surface area contributed by atoms with Crippen molar-refractivity contribution in [2.45, 2.75) is 28.9 Å². The number of fused-ring (bicyclic) bond motifs is 2. The van der Waals surface area contributed by atoms with Gasteiger partial charge in [-0.25, -0.2) is 9.97 Å². The van der Waals surface area contributed by atoms with Gasteiger partial charge in [0.15, 0.2) is 8.68 Å². The Bertz CT molecular complexity index is 1850. The topological polar surface area (TPSA) is 102 Å². The second-order valence-corrected chi connectivity index (χ2v) is 14.8. The number of aromatic nitrogens is 2. The Hall–Kier alpha value is -4.10. The lowest BCUT2D eigenvalue weighted by Gasteiger charge is -2.08. The van der Waals surface area contributed by atoms with Crippen LogP contribution in [0.1, 0.15) is 25.0 Å². The highest BCUT2D eigenvalue weighted by Gasteiger charge is 2.11. The third-order valence-corrected chi connectivity index (χ3v) is 11.2. The highest BCUT2D eigenvalue weighted by Crippen LogP contribution is 2.33. The highest BCUT2D eigenvalue weighted by atomic mass is 32.2. The standard InChI is InChI=1S/C35H32N4O4S4/c1-3-42-26-13-15-28-30(18-26)46-34(38-28)44-20-32(40)36-24-9-5-22(6-10-24)17-23-7-11-25(12-8-23)37-33(41)21-45-35-39-29-16-14-27(43-4-2)19-31(29)47-35/h5-16,18-19H,3-4,17,20-21H2,1-2H3,(H,36,40)(H,37,41). The van der Waals surface area contributed by atoms with Crippen molar-refractivity contribution in [3.63, 3.8) is 0 Å². The second kappa shape index (κ2) is 15.7. The Balaban J connectivity index is 0.937. The fraction of sp³-hybridized carbons (Fsp3) is 0.200. The first-order chi connectivity index (χ1) is 22.9. The fourth-order valence-corrected chi connectivity index (χ4v) is 8.49. The number of anilines is 2. The van der Waals surface area contributed by atoms with Crippen LogP contribution in [0.5, 0.6) is 11.5 Å². The van der Waals surface area contributed by atoms with Gasteiger partial charge in [-0.15, -0.1) is 22.7 Å². The monoisotopic (exact) mass is 700 g/mol. The molecule has 0 radical (unpaired) electrons. The minimum absolute atomic E-state index is 0.0794. The van der Waals surface area contributed by atoms with E-state index in [1.807, 2.05) is 98.8 Å². The molecule has 6 rings (SSSR count). The molecule has 0 spiro atoms. The summed E-state index contributed by atoms with van der Waals surface area (Å²) in [6.45, 7) is 5.15. The zero-order valence-electron chi connectivity index (χ0n) is 25.8. The molecule has 0 bridgehead atoms. The number of carbonyl (C=O) groups excluding carboxylic acids is 2. The van der Waals surface area contributed by atoms with Crippen molar-refractivity contribution >= 4 is 89.8 Å². The average Bonchev–Trinajstić information content (AvgIpc) is 3.68.